The summed E-state index contributed by atoms with van der Waals surface area (Å²) >= 11 is 0. The molecular formula is C29H33BF2N8O2. The lowest BCUT2D eigenvalue weighted by Gasteiger charge is -2.43. The van der Waals surface area contributed by atoms with E-state index in [0.717, 1.165) is 18.2 Å². The van der Waals surface area contributed by atoms with Crippen molar-refractivity contribution in [2.75, 3.05) is 23.3 Å². The van der Waals surface area contributed by atoms with E-state index in [9.17, 15) is 18.7 Å². The van der Waals surface area contributed by atoms with E-state index in [1.165, 1.54) is 18.3 Å². The van der Waals surface area contributed by atoms with E-state index >= 15 is 0 Å². The van der Waals surface area contributed by atoms with Gasteiger partial charge in [-0.15, -0.1) is 5.10 Å². The Bertz CT molecular complexity index is 1580. The van der Waals surface area contributed by atoms with Crippen LogP contribution < -0.4 is 21.4 Å². The maximum Gasteiger partial charge on any atom is 0.274 e. The number of pyridine rings is 2. The maximum absolute atomic E-state index is 14.9. The molecule has 3 aromatic heterocycles. The molecule has 1 aromatic carbocycles. The number of aliphatic hydroxyl groups excluding tert-OH is 1. The zero-order valence-corrected chi connectivity index (χ0v) is 23.7. The third-order valence-corrected chi connectivity index (χ3v) is 7.73. The SMILES string of the molecule is CCC1CN(c2ccncc2NC(=O)c2ccc(F)c(-c3c(F)cccc3B(C)C)n2)CC(N)C1n1cc(CO)nn1. The van der Waals surface area contributed by atoms with Gasteiger partial charge in [0.2, 0.25) is 0 Å². The molecule has 0 spiro atoms. The molecule has 13 heteroatoms. The lowest BCUT2D eigenvalue weighted by molar-refractivity contribution is 0.102. The minimum Gasteiger partial charge on any atom is -0.390 e. The van der Waals surface area contributed by atoms with Crippen LogP contribution in [0.2, 0.25) is 13.6 Å². The Labute approximate surface area is 243 Å². The molecule has 1 aliphatic heterocycles. The van der Waals surface area contributed by atoms with Crippen LogP contribution in [-0.4, -0.2) is 61.8 Å². The van der Waals surface area contributed by atoms with Gasteiger partial charge in [-0.05, 0) is 30.7 Å². The van der Waals surface area contributed by atoms with Crippen LogP contribution in [0.15, 0.2) is 55.0 Å². The predicted octanol–water partition coefficient (Wildman–Crippen LogP) is 3.13. The number of amides is 1. The van der Waals surface area contributed by atoms with Gasteiger partial charge in [-0.25, -0.2) is 18.4 Å². The van der Waals surface area contributed by atoms with E-state index in [4.69, 9.17) is 5.73 Å². The highest BCUT2D eigenvalue weighted by Gasteiger charge is 2.37. The number of rotatable bonds is 8. The number of aromatic nitrogens is 5. The van der Waals surface area contributed by atoms with E-state index in [1.807, 2.05) is 13.6 Å². The monoisotopic (exact) mass is 574 g/mol. The predicted molar refractivity (Wildman–Crippen MR) is 158 cm³/mol. The molecule has 0 radical (unpaired) electrons. The van der Waals surface area contributed by atoms with Crippen molar-refractivity contribution in [1.82, 2.24) is 25.0 Å². The van der Waals surface area contributed by atoms with Crippen LogP contribution in [-0.2, 0) is 6.61 Å². The summed E-state index contributed by atoms with van der Waals surface area (Å²) in [4.78, 5) is 23.9. The number of aliphatic hydroxyl groups is 1. The summed E-state index contributed by atoms with van der Waals surface area (Å²) in [6, 6.07) is 8.32. The van der Waals surface area contributed by atoms with Crippen molar-refractivity contribution in [3.8, 4) is 11.3 Å². The number of hydrogen-bond donors (Lipinski definition) is 3. The molecule has 4 aromatic rings. The van der Waals surface area contributed by atoms with Gasteiger partial charge in [0.05, 0.1) is 36.4 Å². The second-order valence-corrected chi connectivity index (χ2v) is 10.8. The van der Waals surface area contributed by atoms with Gasteiger partial charge < -0.3 is 21.1 Å². The Balaban J connectivity index is 1.41. The molecule has 1 amide bonds. The number of halogens is 2. The van der Waals surface area contributed by atoms with Crippen LogP contribution in [0.3, 0.4) is 0 Å². The van der Waals surface area contributed by atoms with Crippen LogP contribution >= 0.6 is 0 Å². The van der Waals surface area contributed by atoms with Gasteiger partial charge in [-0.1, -0.05) is 43.4 Å². The third kappa shape index (κ3) is 5.75. The smallest absolute Gasteiger partial charge is 0.274 e. The Hall–Kier alpha value is -4.23. The van der Waals surface area contributed by atoms with Crippen molar-refractivity contribution in [2.45, 2.75) is 45.7 Å². The van der Waals surface area contributed by atoms with E-state index in [2.05, 4.69) is 37.4 Å². The molecule has 3 atom stereocenters. The van der Waals surface area contributed by atoms with Crippen molar-refractivity contribution >= 4 is 29.5 Å². The zero-order chi connectivity index (χ0) is 30.0. The highest BCUT2D eigenvalue weighted by Crippen LogP contribution is 2.35. The van der Waals surface area contributed by atoms with E-state index in [-0.39, 0.29) is 48.3 Å². The molecule has 218 valence electrons. The lowest BCUT2D eigenvalue weighted by atomic mass is 9.48. The Morgan fingerprint density at radius 1 is 1.17 bits per heavy atom. The van der Waals surface area contributed by atoms with Crippen LogP contribution in [0.1, 0.15) is 35.6 Å². The van der Waals surface area contributed by atoms with Gasteiger partial charge in [0.25, 0.3) is 5.91 Å². The molecule has 1 aliphatic rings. The van der Waals surface area contributed by atoms with Crippen molar-refractivity contribution in [1.29, 1.82) is 0 Å². The Kier molecular flexibility index (Phi) is 8.60. The molecule has 0 aliphatic carbocycles. The number of carbonyl (C=O) groups is 1. The molecule has 4 N–H and O–H groups in total. The minimum absolute atomic E-state index is 0.0441. The van der Waals surface area contributed by atoms with Crippen LogP contribution in [0.5, 0.6) is 0 Å². The summed E-state index contributed by atoms with van der Waals surface area (Å²) in [6.45, 7) is 6.64. The molecule has 0 saturated carbocycles. The van der Waals surface area contributed by atoms with Crippen molar-refractivity contribution in [3.05, 3.63) is 78.0 Å². The Morgan fingerprint density at radius 3 is 2.69 bits per heavy atom. The van der Waals surface area contributed by atoms with Crippen molar-refractivity contribution in [2.24, 2.45) is 11.7 Å². The Morgan fingerprint density at radius 2 is 1.98 bits per heavy atom. The van der Waals surface area contributed by atoms with Gasteiger partial charge in [-0.2, -0.15) is 0 Å². The van der Waals surface area contributed by atoms with Gasteiger partial charge in [0, 0.05) is 36.8 Å². The van der Waals surface area contributed by atoms with Gasteiger partial charge in [-0.3, -0.25) is 9.78 Å². The van der Waals surface area contributed by atoms with Crippen molar-refractivity contribution < 1.29 is 18.7 Å². The summed E-state index contributed by atoms with van der Waals surface area (Å²) in [5.41, 5.74) is 8.65. The normalized spacial score (nSPS) is 18.6. The summed E-state index contributed by atoms with van der Waals surface area (Å²) < 4.78 is 31.6. The zero-order valence-electron chi connectivity index (χ0n) is 23.7. The van der Waals surface area contributed by atoms with Crippen LogP contribution in [0.4, 0.5) is 20.2 Å². The lowest BCUT2D eigenvalue weighted by Crippen LogP contribution is -2.54. The van der Waals surface area contributed by atoms with Gasteiger partial charge in [0.1, 0.15) is 28.7 Å². The summed E-state index contributed by atoms with van der Waals surface area (Å²) in [6.07, 6.45) is 5.70. The second-order valence-electron chi connectivity index (χ2n) is 10.8. The minimum atomic E-state index is -0.721. The standard InChI is InChI=1S/C29H33BF2N8O2/c1-4-17-13-39(15-22(33)28(17)40-14-18(16-41)37-38-40)25-10-11-34-12-24(25)36-29(42)23-9-8-21(32)27(35-23)26-19(30(2)3)6-5-7-20(26)31/h5-12,14,17,22,28,41H,4,13,15-16,33H2,1-3H3,(H,36,42). The highest BCUT2D eigenvalue weighted by atomic mass is 19.1. The fourth-order valence-electron chi connectivity index (χ4n) is 5.65. The molecular weight excluding hydrogens is 541 g/mol. The fraction of sp³-hybridized carbons (Fsp3) is 0.345. The number of nitrogens with zero attached hydrogens (tertiary/aromatic N) is 6. The first-order valence-corrected chi connectivity index (χ1v) is 13.9. The highest BCUT2D eigenvalue weighted by molar-refractivity contribution is 6.72. The van der Waals surface area contributed by atoms with Crippen LogP contribution in [0.25, 0.3) is 11.3 Å². The number of piperidine rings is 1. The second kappa shape index (κ2) is 12.3. The average Bonchev–Trinajstić information content (AvgIpc) is 3.46. The summed E-state index contributed by atoms with van der Waals surface area (Å²) in [5, 5.41) is 20.5. The van der Waals surface area contributed by atoms with Crippen LogP contribution in [0, 0.1) is 17.6 Å². The molecule has 42 heavy (non-hydrogen) atoms. The summed E-state index contributed by atoms with van der Waals surface area (Å²) in [7, 11) is 0. The molecule has 5 rings (SSSR count). The quantitative estimate of drug-likeness (QED) is 0.273. The number of nitrogens with two attached hydrogens (primary N) is 1. The number of anilines is 2. The first-order chi connectivity index (χ1) is 20.2. The molecule has 3 unspecified atom stereocenters. The van der Waals surface area contributed by atoms with E-state index in [0.29, 0.717) is 29.9 Å². The fourth-order valence-corrected chi connectivity index (χ4v) is 5.65. The topological polar surface area (TPSA) is 135 Å². The molecule has 10 nitrogen and oxygen atoms in total. The number of carbonyl (C=O) groups excluding carboxylic acids is 1. The largest absolute Gasteiger partial charge is 0.390 e. The molecule has 4 heterocycles. The van der Waals surface area contributed by atoms with Gasteiger partial charge >= 0.3 is 0 Å². The number of nitrogens with one attached hydrogen (secondary N) is 1. The molecule has 1 fully saturated rings. The first kappa shape index (κ1) is 29.3. The van der Waals surface area contributed by atoms with E-state index in [1.54, 1.807) is 35.3 Å². The van der Waals surface area contributed by atoms with E-state index < -0.39 is 17.5 Å². The maximum atomic E-state index is 14.9. The van der Waals surface area contributed by atoms with Crippen molar-refractivity contribution in [3.63, 3.8) is 0 Å². The molecule has 0 bridgehead atoms. The molecule has 1 saturated heterocycles. The first-order valence-electron chi connectivity index (χ1n) is 13.9. The summed E-state index contributed by atoms with van der Waals surface area (Å²) in [5.74, 6) is -1.81. The third-order valence-electron chi connectivity index (χ3n) is 7.73. The number of benzene rings is 1. The van der Waals surface area contributed by atoms with Gasteiger partial charge in [0.15, 0.2) is 6.71 Å². The average molecular weight is 574 g/mol. The number of hydrogen-bond acceptors (Lipinski definition) is 8.